The number of nitrogen functional groups attached to an aromatic ring is 1. The van der Waals surface area contributed by atoms with Gasteiger partial charge in [-0.15, -0.1) is 0 Å². The van der Waals surface area contributed by atoms with E-state index >= 15 is 0 Å². The van der Waals surface area contributed by atoms with Crippen molar-refractivity contribution in [3.05, 3.63) is 83.5 Å². The summed E-state index contributed by atoms with van der Waals surface area (Å²) >= 11 is 0. The first kappa shape index (κ1) is 26.1. The number of phenolic OH excluding ortho intramolecular Hbond substituents is 2. The minimum Gasteiger partial charge on any atom is -0.504 e. The molecule has 4 aromatic rings. The molecule has 7 N–H and O–H groups in total. The SMILES string of the molecule is Cc1ccc(Cc2cc(O)c(O)c(C(=O)NCC=C[C@H]3O[C@@H](n4cnc5c(N)ncnc54)C(O)[C@H]3O)c2)cc1. The number of aliphatic hydroxyl groups excluding tert-OH is 2. The van der Waals surface area contributed by atoms with E-state index in [2.05, 4.69) is 20.3 Å². The number of nitrogens with one attached hydrogen (secondary N) is 1. The molecule has 4 atom stereocenters. The van der Waals surface area contributed by atoms with Crippen LogP contribution in [0.25, 0.3) is 11.2 Å². The van der Waals surface area contributed by atoms with E-state index in [1.807, 2.05) is 31.2 Å². The smallest absolute Gasteiger partial charge is 0.255 e. The molecule has 12 heteroatoms. The van der Waals surface area contributed by atoms with Gasteiger partial charge in [0.2, 0.25) is 0 Å². The minimum absolute atomic E-state index is 0.0341. The third-order valence-corrected chi connectivity index (χ3v) is 6.57. The number of hydrogen-bond donors (Lipinski definition) is 6. The summed E-state index contributed by atoms with van der Waals surface area (Å²) in [6, 6.07) is 10.8. The maximum atomic E-state index is 12.8. The zero-order valence-electron chi connectivity index (χ0n) is 21.0. The molecule has 2 aromatic heterocycles. The third kappa shape index (κ3) is 5.25. The van der Waals surface area contributed by atoms with Crippen LogP contribution in [-0.2, 0) is 11.2 Å². The van der Waals surface area contributed by atoms with E-state index in [0.717, 1.165) is 11.1 Å². The highest BCUT2D eigenvalue weighted by Gasteiger charge is 2.43. The van der Waals surface area contributed by atoms with E-state index in [0.29, 0.717) is 23.1 Å². The number of hydrogen-bond acceptors (Lipinski definition) is 10. The summed E-state index contributed by atoms with van der Waals surface area (Å²) in [6.45, 7) is 2.02. The zero-order chi connectivity index (χ0) is 27.7. The monoisotopic (exact) mass is 532 g/mol. The quantitative estimate of drug-likeness (QED) is 0.150. The van der Waals surface area contributed by atoms with Crippen LogP contribution in [0.2, 0.25) is 0 Å². The molecule has 0 spiro atoms. The van der Waals surface area contributed by atoms with Gasteiger partial charge in [0, 0.05) is 6.54 Å². The maximum absolute atomic E-state index is 12.8. The van der Waals surface area contributed by atoms with E-state index in [-0.39, 0.29) is 23.7 Å². The molecule has 1 amide bonds. The highest BCUT2D eigenvalue weighted by molar-refractivity contribution is 5.98. The Hall–Kier alpha value is -4.52. The van der Waals surface area contributed by atoms with Crippen molar-refractivity contribution in [2.24, 2.45) is 0 Å². The summed E-state index contributed by atoms with van der Waals surface area (Å²) in [5.41, 5.74) is 9.23. The summed E-state index contributed by atoms with van der Waals surface area (Å²) in [7, 11) is 0. The second kappa shape index (κ2) is 10.7. The van der Waals surface area contributed by atoms with Gasteiger partial charge in [0.05, 0.1) is 11.9 Å². The molecule has 3 heterocycles. The van der Waals surface area contributed by atoms with Crippen molar-refractivity contribution in [3.63, 3.8) is 0 Å². The molecule has 0 radical (unpaired) electrons. The summed E-state index contributed by atoms with van der Waals surface area (Å²) in [5, 5.41) is 44.2. The molecule has 202 valence electrons. The Morgan fingerprint density at radius 3 is 2.64 bits per heavy atom. The second-order valence-corrected chi connectivity index (χ2v) is 9.37. The molecule has 0 saturated carbocycles. The van der Waals surface area contributed by atoms with E-state index < -0.39 is 36.2 Å². The Morgan fingerprint density at radius 2 is 1.87 bits per heavy atom. The van der Waals surface area contributed by atoms with Gasteiger partial charge >= 0.3 is 0 Å². The van der Waals surface area contributed by atoms with Crippen molar-refractivity contribution in [3.8, 4) is 11.5 Å². The van der Waals surface area contributed by atoms with Crippen molar-refractivity contribution in [2.45, 2.75) is 37.9 Å². The largest absolute Gasteiger partial charge is 0.504 e. The lowest BCUT2D eigenvalue weighted by molar-refractivity contribution is -0.0245. The molecule has 1 aliphatic rings. The Labute approximate surface area is 223 Å². The number of ether oxygens (including phenoxy) is 1. The van der Waals surface area contributed by atoms with Crippen LogP contribution in [0.15, 0.2) is 61.2 Å². The van der Waals surface area contributed by atoms with Crippen LogP contribution >= 0.6 is 0 Å². The number of aryl methyl sites for hydroxylation is 1. The molecule has 39 heavy (non-hydrogen) atoms. The summed E-state index contributed by atoms with van der Waals surface area (Å²) in [4.78, 5) is 24.9. The Balaban J connectivity index is 1.23. The van der Waals surface area contributed by atoms with Crippen LogP contribution in [-0.4, -0.2) is 70.7 Å². The lowest BCUT2D eigenvalue weighted by atomic mass is 10.0. The molecule has 1 saturated heterocycles. The number of phenols is 2. The van der Waals surface area contributed by atoms with Gasteiger partial charge in [-0.05, 0) is 36.6 Å². The van der Waals surface area contributed by atoms with E-state index in [9.17, 15) is 25.2 Å². The molecule has 12 nitrogen and oxygen atoms in total. The number of aromatic hydroxyl groups is 2. The van der Waals surface area contributed by atoms with Crippen LogP contribution < -0.4 is 11.1 Å². The van der Waals surface area contributed by atoms with Crippen LogP contribution in [0, 0.1) is 6.92 Å². The Kier molecular flexibility index (Phi) is 7.15. The fourth-order valence-electron chi connectivity index (χ4n) is 4.47. The molecule has 0 aliphatic carbocycles. The molecule has 2 aromatic carbocycles. The van der Waals surface area contributed by atoms with Gasteiger partial charge < -0.3 is 36.2 Å². The van der Waals surface area contributed by atoms with E-state index in [4.69, 9.17) is 10.5 Å². The number of nitrogens with two attached hydrogens (primary N) is 1. The van der Waals surface area contributed by atoms with Gasteiger partial charge in [-0.2, -0.15) is 0 Å². The maximum Gasteiger partial charge on any atom is 0.255 e. The van der Waals surface area contributed by atoms with Gasteiger partial charge in [-0.3, -0.25) is 9.36 Å². The van der Waals surface area contributed by atoms with Gasteiger partial charge in [0.25, 0.3) is 5.91 Å². The van der Waals surface area contributed by atoms with Crippen molar-refractivity contribution in [1.29, 1.82) is 0 Å². The van der Waals surface area contributed by atoms with Gasteiger partial charge in [-0.1, -0.05) is 42.0 Å². The van der Waals surface area contributed by atoms with Crippen molar-refractivity contribution in [1.82, 2.24) is 24.8 Å². The predicted molar refractivity (Wildman–Crippen MR) is 141 cm³/mol. The molecule has 0 bridgehead atoms. The first-order chi connectivity index (χ1) is 18.7. The number of fused-ring (bicyclic) bond motifs is 1. The number of amides is 1. The average molecular weight is 533 g/mol. The number of nitrogens with zero attached hydrogens (tertiary/aromatic N) is 4. The number of rotatable bonds is 7. The fraction of sp³-hybridized carbons (Fsp3) is 0.259. The molecular formula is C27H28N6O6. The van der Waals surface area contributed by atoms with Crippen LogP contribution in [0.3, 0.4) is 0 Å². The van der Waals surface area contributed by atoms with Crippen LogP contribution in [0.5, 0.6) is 11.5 Å². The number of carbonyl (C=O) groups excluding carboxylic acids is 1. The summed E-state index contributed by atoms with van der Waals surface area (Å²) < 4.78 is 7.30. The normalized spacial score (nSPS) is 21.1. The number of imidazole rings is 1. The van der Waals surface area contributed by atoms with E-state index in [1.165, 1.54) is 35.4 Å². The van der Waals surface area contributed by atoms with Crippen LogP contribution in [0.1, 0.15) is 33.3 Å². The number of benzene rings is 2. The number of aromatic nitrogens is 4. The fourth-order valence-corrected chi connectivity index (χ4v) is 4.47. The first-order valence-corrected chi connectivity index (χ1v) is 12.2. The predicted octanol–water partition coefficient (Wildman–Crippen LogP) is 1.32. The Morgan fingerprint density at radius 1 is 1.10 bits per heavy atom. The average Bonchev–Trinajstić information content (AvgIpc) is 3.47. The summed E-state index contributed by atoms with van der Waals surface area (Å²) in [6.07, 6.45) is 1.83. The highest BCUT2D eigenvalue weighted by Crippen LogP contribution is 2.33. The topological polar surface area (TPSA) is 189 Å². The van der Waals surface area contributed by atoms with Crippen molar-refractivity contribution >= 4 is 22.9 Å². The standard InChI is InChI=1S/C27H28N6O6/c1-14-4-6-15(7-5-14)9-16-10-17(21(35)18(34)11-16)26(38)29-8-2-3-19-22(36)23(37)27(39-19)33-13-32-20-24(28)30-12-31-25(20)33/h2-7,10-13,19,22-23,27,34-37H,8-9H2,1H3,(H,29,38)(H2,28,30,31)/t19-,22+,23?,27-/m1/s1. The number of aliphatic hydroxyl groups is 2. The Bertz CT molecular complexity index is 1540. The van der Waals surface area contributed by atoms with Crippen molar-refractivity contribution < 1.29 is 30.0 Å². The number of carbonyl (C=O) groups is 1. The zero-order valence-corrected chi connectivity index (χ0v) is 21.0. The molecule has 1 aliphatic heterocycles. The van der Waals surface area contributed by atoms with E-state index in [1.54, 1.807) is 6.08 Å². The van der Waals surface area contributed by atoms with Crippen LogP contribution in [0.4, 0.5) is 5.82 Å². The molecule has 5 rings (SSSR count). The van der Waals surface area contributed by atoms with Gasteiger partial charge in [0.1, 0.15) is 30.2 Å². The lowest BCUT2D eigenvalue weighted by Crippen LogP contribution is -2.31. The van der Waals surface area contributed by atoms with Crippen molar-refractivity contribution in [2.75, 3.05) is 12.3 Å². The third-order valence-electron chi connectivity index (χ3n) is 6.57. The van der Waals surface area contributed by atoms with Gasteiger partial charge in [-0.25, -0.2) is 15.0 Å². The molecular weight excluding hydrogens is 504 g/mol. The summed E-state index contributed by atoms with van der Waals surface area (Å²) in [5.74, 6) is -1.31. The first-order valence-electron chi connectivity index (χ1n) is 12.2. The number of anilines is 1. The minimum atomic E-state index is -1.28. The van der Waals surface area contributed by atoms with Gasteiger partial charge in [0.15, 0.2) is 29.2 Å². The molecule has 1 unspecified atom stereocenters. The highest BCUT2D eigenvalue weighted by atomic mass is 16.6. The lowest BCUT2D eigenvalue weighted by Gasteiger charge is -2.16. The second-order valence-electron chi connectivity index (χ2n) is 9.37. The molecule has 1 fully saturated rings.